The zero-order valence-corrected chi connectivity index (χ0v) is 31.5. The Balaban J connectivity index is 1.12. The third kappa shape index (κ3) is 9.05. The highest BCUT2D eigenvalue weighted by Gasteiger charge is 2.20. The second-order valence-corrected chi connectivity index (χ2v) is 14.5. The number of Topliss-reactive ketones (excluding diaryl/α,β-unsaturated/α-hetero) is 2. The van der Waals surface area contributed by atoms with Gasteiger partial charge in [0.1, 0.15) is 11.6 Å². The van der Waals surface area contributed by atoms with E-state index in [0.717, 1.165) is 28.7 Å². The fraction of sp³-hybridized carbons (Fsp3) is 0.163. The van der Waals surface area contributed by atoms with Crippen LogP contribution in [-0.2, 0) is 12.8 Å². The first-order valence-corrected chi connectivity index (χ1v) is 19.7. The van der Waals surface area contributed by atoms with Crippen molar-refractivity contribution in [2.75, 3.05) is 29.5 Å². The number of aryl methyl sites for hydroxylation is 1. The molecule has 2 aromatic heterocycles. The van der Waals surface area contributed by atoms with Crippen molar-refractivity contribution in [2.45, 2.75) is 30.1 Å². The van der Waals surface area contributed by atoms with Gasteiger partial charge >= 0.3 is 0 Å². The lowest BCUT2D eigenvalue weighted by molar-refractivity contribution is 0.101. The van der Waals surface area contributed by atoms with Crippen molar-refractivity contribution in [3.05, 3.63) is 174 Å². The summed E-state index contributed by atoms with van der Waals surface area (Å²) in [6, 6.07) is 47.3. The number of benzene rings is 5. The summed E-state index contributed by atoms with van der Waals surface area (Å²) in [6.45, 7) is 3.41. The average molecular weight is 750 g/mol. The molecule has 0 aliphatic heterocycles. The highest BCUT2D eigenvalue weighted by molar-refractivity contribution is 8.00. The molecule has 7 aromatic rings. The van der Waals surface area contributed by atoms with Gasteiger partial charge in [0.25, 0.3) is 0 Å². The molecule has 54 heavy (non-hydrogen) atoms. The topological polar surface area (TPSA) is 98.8 Å². The Morgan fingerprint density at radius 2 is 0.907 bits per heavy atom. The Bertz CT molecular complexity index is 2140. The molecule has 9 nitrogen and oxygen atoms in total. The molecule has 0 radical (unpaired) electrons. The van der Waals surface area contributed by atoms with Crippen molar-refractivity contribution < 1.29 is 9.59 Å². The van der Waals surface area contributed by atoms with E-state index in [9.17, 15) is 9.59 Å². The van der Waals surface area contributed by atoms with Crippen LogP contribution in [0.2, 0.25) is 0 Å². The maximum atomic E-state index is 13.0. The summed E-state index contributed by atoms with van der Waals surface area (Å²) >= 11 is 2.79. The predicted octanol–water partition coefficient (Wildman–Crippen LogP) is 8.40. The third-order valence-corrected chi connectivity index (χ3v) is 10.8. The van der Waals surface area contributed by atoms with E-state index in [1.807, 2.05) is 121 Å². The summed E-state index contributed by atoms with van der Waals surface area (Å²) in [6.07, 6.45) is 1.22. The fourth-order valence-electron chi connectivity index (χ4n) is 6.05. The first-order valence-electron chi connectivity index (χ1n) is 17.8. The smallest absolute Gasteiger partial charge is 0.196 e. The summed E-state index contributed by atoms with van der Waals surface area (Å²) in [4.78, 5) is 28.3. The monoisotopic (exact) mass is 749 g/mol. The maximum Gasteiger partial charge on any atom is 0.196 e. The molecule has 270 valence electrons. The van der Waals surface area contributed by atoms with Crippen LogP contribution in [0.4, 0.5) is 5.69 Å². The molecule has 0 unspecified atom stereocenters. The Labute approximate surface area is 323 Å². The van der Waals surface area contributed by atoms with Crippen LogP contribution < -0.4 is 4.90 Å². The molecule has 11 heteroatoms. The highest BCUT2D eigenvalue weighted by Crippen LogP contribution is 2.26. The van der Waals surface area contributed by atoms with Crippen LogP contribution >= 0.6 is 23.5 Å². The molecule has 0 aliphatic rings. The Kier molecular flexibility index (Phi) is 12.1. The second-order valence-electron chi connectivity index (χ2n) is 12.6. The van der Waals surface area contributed by atoms with Crippen LogP contribution in [0.5, 0.6) is 0 Å². The van der Waals surface area contributed by atoms with Crippen LogP contribution in [0.15, 0.2) is 156 Å². The molecule has 7 rings (SSSR count). The number of rotatable bonds is 17. The number of anilines is 1. The van der Waals surface area contributed by atoms with Gasteiger partial charge in [0.2, 0.25) is 0 Å². The molecular formula is C43H39N7O2S2. The van der Waals surface area contributed by atoms with Gasteiger partial charge in [-0.2, -0.15) is 0 Å². The highest BCUT2D eigenvalue weighted by atomic mass is 32.2. The quantitative estimate of drug-likeness (QED) is 0.0672. The molecule has 0 aliphatic carbocycles. The molecule has 5 aromatic carbocycles. The van der Waals surface area contributed by atoms with Crippen LogP contribution in [-0.4, -0.2) is 65.7 Å². The van der Waals surface area contributed by atoms with Crippen LogP contribution in [0, 0.1) is 6.92 Å². The Morgan fingerprint density at radius 1 is 0.519 bits per heavy atom. The number of thioether (sulfide) groups is 2. The molecule has 0 spiro atoms. The van der Waals surface area contributed by atoms with E-state index in [-0.39, 0.29) is 23.1 Å². The van der Waals surface area contributed by atoms with E-state index >= 15 is 0 Å². The van der Waals surface area contributed by atoms with Crippen molar-refractivity contribution in [3.63, 3.8) is 0 Å². The molecular weight excluding hydrogens is 711 g/mol. The summed E-state index contributed by atoms with van der Waals surface area (Å²) in [7, 11) is 0. The SMILES string of the molecule is Cc1ccc(N(CCc2nnc(SCC(=O)c3ccccc3)n2-c2ccccc2)CCc2nnc(SCC(=O)c3ccccc3)n2-c2ccccc2)cc1. The van der Waals surface area contributed by atoms with Crippen LogP contribution in [0.1, 0.15) is 37.9 Å². The van der Waals surface area contributed by atoms with Crippen molar-refractivity contribution in [3.8, 4) is 11.4 Å². The zero-order valence-electron chi connectivity index (χ0n) is 29.9. The van der Waals surface area contributed by atoms with Gasteiger partial charge in [0.15, 0.2) is 21.9 Å². The summed E-state index contributed by atoms with van der Waals surface area (Å²) < 4.78 is 4.12. The lowest BCUT2D eigenvalue weighted by Gasteiger charge is -2.25. The summed E-state index contributed by atoms with van der Waals surface area (Å²) in [5, 5.41) is 19.8. The number of hydrogen-bond donors (Lipinski definition) is 0. The van der Waals surface area contributed by atoms with Gasteiger partial charge in [-0.15, -0.1) is 20.4 Å². The molecule has 0 amide bonds. The van der Waals surface area contributed by atoms with Gasteiger partial charge < -0.3 is 4.90 Å². The first-order chi connectivity index (χ1) is 26.5. The minimum atomic E-state index is 0.0445. The van der Waals surface area contributed by atoms with E-state index < -0.39 is 0 Å². The van der Waals surface area contributed by atoms with E-state index in [2.05, 4.69) is 65.6 Å². The van der Waals surface area contributed by atoms with E-state index in [1.54, 1.807) is 0 Å². The largest absolute Gasteiger partial charge is 0.371 e. The van der Waals surface area contributed by atoms with Crippen molar-refractivity contribution in [2.24, 2.45) is 0 Å². The van der Waals surface area contributed by atoms with Gasteiger partial charge in [0.05, 0.1) is 11.5 Å². The molecule has 0 fully saturated rings. The number of hydrogen-bond acceptors (Lipinski definition) is 9. The number of nitrogens with zero attached hydrogens (tertiary/aromatic N) is 7. The van der Waals surface area contributed by atoms with Crippen LogP contribution in [0.3, 0.4) is 0 Å². The Morgan fingerprint density at radius 3 is 1.31 bits per heavy atom. The predicted molar refractivity (Wildman–Crippen MR) is 217 cm³/mol. The average Bonchev–Trinajstić information content (AvgIpc) is 3.84. The standard InChI is InChI=1S/C43H39N7O2S2/c1-32-22-24-35(25-23-32)48(28-26-40-44-46-42(49(40)36-18-10-4-11-19-36)53-30-38(51)33-14-6-2-7-15-33)29-27-41-45-47-43(50(41)37-20-12-5-13-21-37)54-31-39(52)34-16-8-3-9-17-34/h2-25H,26-31H2,1H3. The lowest BCUT2D eigenvalue weighted by Crippen LogP contribution is -2.29. The minimum absolute atomic E-state index is 0.0445. The number of aromatic nitrogens is 6. The molecule has 0 atom stereocenters. The van der Waals surface area contributed by atoms with E-state index in [4.69, 9.17) is 0 Å². The first kappa shape index (κ1) is 36.6. The van der Waals surface area contributed by atoms with Gasteiger partial charge in [0, 0.05) is 54.1 Å². The number of ketones is 2. The van der Waals surface area contributed by atoms with Gasteiger partial charge in [-0.3, -0.25) is 18.7 Å². The van der Waals surface area contributed by atoms with Gasteiger partial charge in [-0.1, -0.05) is 138 Å². The zero-order chi connectivity index (χ0) is 37.1. The normalized spacial score (nSPS) is 11.1. The van der Waals surface area contributed by atoms with Crippen molar-refractivity contribution >= 4 is 40.8 Å². The molecule has 0 saturated heterocycles. The summed E-state index contributed by atoms with van der Waals surface area (Å²) in [5.74, 6) is 2.22. The number of carbonyl (C=O) groups is 2. The Hall–Kier alpha value is -5.78. The van der Waals surface area contributed by atoms with Crippen molar-refractivity contribution in [1.82, 2.24) is 29.5 Å². The molecule has 2 heterocycles. The third-order valence-electron chi connectivity index (χ3n) is 8.90. The minimum Gasteiger partial charge on any atom is -0.371 e. The van der Waals surface area contributed by atoms with E-state index in [0.29, 0.717) is 47.4 Å². The number of carbonyl (C=O) groups excluding carboxylic acids is 2. The fourth-order valence-corrected chi connectivity index (χ4v) is 7.79. The maximum absolute atomic E-state index is 13.0. The van der Waals surface area contributed by atoms with E-state index in [1.165, 1.54) is 29.1 Å². The summed E-state index contributed by atoms with van der Waals surface area (Å²) in [5.41, 5.74) is 5.52. The van der Waals surface area contributed by atoms with Gasteiger partial charge in [-0.05, 0) is 43.3 Å². The molecule has 0 saturated carbocycles. The van der Waals surface area contributed by atoms with Crippen molar-refractivity contribution in [1.29, 1.82) is 0 Å². The molecule has 0 bridgehead atoms. The lowest BCUT2D eigenvalue weighted by atomic mass is 10.2. The van der Waals surface area contributed by atoms with Gasteiger partial charge in [-0.25, -0.2) is 0 Å². The van der Waals surface area contributed by atoms with Crippen LogP contribution in [0.25, 0.3) is 11.4 Å². The molecule has 0 N–H and O–H groups in total. The number of para-hydroxylation sites is 2. The second kappa shape index (κ2) is 17.8.